The Morgan fingerprint density at radius 1 is 1.56 bits per heavy atom. The lowest BCUT2D eigenvalue weighted by Crippen LogP contribution is -2.49. The van der Waals surface area contributed by atoms with Crippen LogP contribution < -0.4 is 0 Å². The zero-order valence-electron chi connectivity index (χ0n) is 9.54. The van der Waals surface area contributed by atoms with Crippen LogP contribution in [0.3, 0.4) is 0 Å². The normalized spacial score (nSPS) is 19.9. The summed E-state index contributed by atoms with van der Waals surface area (Å²) in [6.45, 7) is 1.77. The van der Waals surface area contributed by atoms with Gasteiger partial charge in [0.2, 0.25) is 0 Å². The third-order valence-electron chi connectivity index (χ3n) is 2.83. The summed E-state index contributed by atoms with van der Waals surface area (Å²) in [5, 5.41) is 1.32. The average molecular weight is 397 g/mol. The van der Waals surface area contributed by atoms with E-state index in [-0.39, 0.29) is 11.9 Å². The highest BCUT2D eigenvalue weighted by atomic mass is 79.9. The Balaban J connectivity index is 2.24. The van der Waals surface area contributed by atoms with Crippen LogP contribution >= 0.6 is 43.5 Å². The van der Waals surface area contributed by atoms with E-state index < -0.39 is 0 Å². The van der Waals surface area contributed by atoms with E-state index in [1.54, 1.807) is 18.2 Å². The molecule has 0 N–H and O–H groups in total. The maximum atomic E-state index is 12.5. The lowest BCUT2D eigenvalue weighted by molar-refractivity contribution is 0.00520. The Bertz CT molecular complexity index is 456. The quantitative estimate of drug-likeness (QED) is 0.717. The number of benzene rings is 1. The minimum absolute atomic E-state index is 0.00583. The summed E-state index contributed by atoms with van der Waals surface area (Å²) < 4.78 is 6.10. The number of hydrogen-bond acceptors (Lipinski definition) is 2. The van der Waals surface area contributed by atoms with Crippen LogP contribution in [-0.4, -0.2) is 41.9 Å². The van der Waals surface area contributed by atoms with Gasteiger partial charge < -0.3 is 9.64 Å². The molecule has 98 valence electrons. The van der Waals surface area contributed by atoms with Crippen LogP contribution in [0.15, 0.2) is 22.7 Å². The van der Waals surface area contributed by atoms with E-state index in [0.29, 0.717) is 35.7 Å². The van der Waals surface area contributed by atoms with E-state index in [1.165, 1.54) is 0 Å². The molecule has 1 aliphatic rings. The van der Waals surface area contributed by atoms with E-state index in [2.05, 4.69) is 31.9 Å². The van der Waals surface area contributed by atoms with Crippen LogP contribution in [0.1, 0.15) is 10.4 Å². The lowest BCUT2D eigenvalue weighted by Gasteiger charge is -2.34. The molecule has 1 aliphatic heterocycles. The average Bonchev–Trinajstić information content (AvgIpc) is 2.38. The molecule has 0 spiro atoms. The molecule has 0 saturated carbocycles. The van der Waals surface area contributed by atoms with E-state index in [0.717, 1.165) is 4.47 Å². The Morgan fingerprint density at radius 3 is 3.00 bits per heavy atom. The van der Waals surface area contributed by atoms with Gasteiger partial charge in [0, 0.05) is 21.4 Å². The molecule has 1 amide bonds. The molecule has 3 nitrogen and oxygen atoms in total. The summed E-state index contributed by atoms with van der Waals surface area (Å²) in [5.41, 5.74) is 0.632. The molecule has 0 aliphatic carbocycles. The monoisotopic (exact) mass is 395 g/mol. The number of hydrogen-bond donors (Lipinski definition) is 0. The van der Waals surface area contributed by atoms with Crippen LogP contribution in [0.4, 0.5) is 0 Å². The predicted molar refractivity (Wildman–Crippen MR) is 78.6 cm³/mol. The van der Waals surface area contributed by atoms with Gasteiger partial charge in [-0.1, -0.05) is 27.5 Å². The molecular formula is C12H12Br2ClNO2. The first-order valence-electron chi connectivity index (χ1n) is 5.53. The van der Waals surface area contributed by atoms with Gasteiger partial charge in [0.25, 0.3) is 5.91 Å². The number of alkyl halides is 1. The van der Waals surface area contributed by atoms with Crippen molar-refractivity contribution in [2.75, 3.05) is 25.1 Å². The van der Waals surface area contributed by atoms with Crippen LogP contribution in [0.2, 0.25) is 5.02 Å². The Hall–Kier alpha value is -0.100. The van der Waals surface area contributed by atoms with Crippen LogP contribution in [0, 0.1) is 0 Å². The lowest BCUT2D eigenvalue weighted by atomic mass is 10.1. The molecule has 0 radical (unpaired) electrons. The van der Waals surface area contributed by atoms with Crippen molar-refractivity contribution in [2.45, 2.75) is 6.04 Å². The van der Waals surface area contributed by atoms with Crippen molar-refractivity contribution in [3.05, 3.63) is 33.3 Å². The molecule has 1 atom stereocenters. The van der Waals surface area contributed by atoms with Gasteiger partial charge in [0.1, 0.15) is 0 Å². The first-order chi connectivity index (χ1) is 8.63. The smallest absolute Gasteiger partial charge is 0.255 e. The molecule has 2 rings (SSSR count). The van der Waals surface area contributed by atoms with Gasteiger partial charge in [-0.05, 0) is 34.1 Å². The van der Waals surface area contributed by atoms with Crippen LogP contribution in [0.5, 0.6) is 0 Å². The molecule has 0 aromatic heterocycles. The number of morpholine rings is 1. The first-order valence-corrected chi connectivity index (χ1v) is 7.82. The molecule has 1 aromatic carbocycles. The number of ether oxygens (including phenoxy) is 1. The zero-order valence-corrected chi connectivity index (χ0v) is 13.5. The topological polar surface area (TPSA) is 29.5 Å². The van der Waals surface area contributed by atoms with Crippen LogP contribution in [0.25, 0.3) is 0 Å². The summed E-state index contributed by atoms with van der Waals surface area (Å²) >= 11 is 12.7. The van der Waals surface area contributed by atoms with Gasteiger partial charge in [0.15, 0.2) is 0 Å². The van der Waals surface area contributed by atoms with Crippen molar-refractivity contribution in [2.24, 2.45) is 0 Å². The second kappa shape index (κ2) is 6.37. The predicted octanol–water partition coefficient (Wildman–Crippen LogP) is 3.34. The third-order valence-corrected chi connectivity index (χ3v) is 4.47. The highest BCUT2D eigenvalue weighted by Gasteiger charge is 2.28. The van der Waals surface area contributed by atoms with E-state index in [9.17, 15) is 4.79 Å². The standard InChI is InChI=1S/C12H12Br2ClNO2/c13-6-9-7-18-4-3-16(9)12(17)10-2-1-8(15)5-11(10)14/h1-2,5,9H,3-4,6-7H2. The van der Waals surface area contributed by atoms with Crippen molar-refractivity contribution < 1.29 is 9.53 Å². The van der Waals surface area contributed by atoms with Crippen molar-refractivity contribution in [1.82, 2.24) is 4.90 Å². The van der Waals surface area contributed by atoms with Gasteiger partial charge in [-0.3, -0.25) is 4.79 Å². The van der Waals surface area contributed by atoms with Crippen molar-refractivity contribution >= 4 is 49.4 Å². The number of carbonyl (C=O) groups is 1. The zero-order chi connectivity index (χ0) is 13.1. The molecule has 1 heterocycles. The Morgan fingerprint density at radius 2 is 2.33 bits per heavy atom. The highest BCUT2D eigenvalue weighted by molar-refractivity contribution is 9.10. The summed E-state index contributed by atoms with van der Waals surface area (Å²) in [5.74, 6) is 0.00583. The number of rotatable bonds is 2. The largest absolute Gasteiger partial charge is 0.377 e. The molecule has 0 bridgehead atoms. The number of halogens is 3. The molecule has 1 unspecified atom stereocenters. The minimum atomic E-state index is 0.00583. The number of carbonyl (C=O) groups excluding carboxylic acids is 1. The van der Waals surface area contributed by atoms with Gasteiger partial charge in [-0.25, -0.2) is 0 Å². The second-order valence-corrected chi connectivity index (χ2v) is 5.94. The Kier molecular flexibility index (Phi) is 5.06. The minimum Gasteiger partial charge on any atom is -0.377 e. The second-order valence-electron chi connectivity index (χ2n) is 4.01. The Labute approximate surface area is 128 Å². The molecular weight excluding hydrogens is 385 g/mol. The summed E-state index contributed by atoms with van der Waals surface area (Å²) in [6.07, 6.45) is 0. The SMILES string of the molecule is O=C(c1ccc(Cl)cc1Br)N1CCOCC1CBr. The fraction of sp³-hybridized carbons (Fsp3) is 0.417. The van der Waals surface area contributed by atoms with E-state index in [1.807, 2.05) is 4.90 Å². The highest BCUT2D eigenvalue weighted by Crippen LogP contribution is 2.24. The summed E-state index contributed by atoms with van der Waals surface area (Å²) in [6, 6.07) is 5.28. The van der Waals surface area contributed by atoms with Crippen molar-refractivity contribution in [3.63, 3.8) is 0 Å². The van der Waals surface area contributed by atoms with Gasteiger partial charge in [-0.15, -0.1) is 0 Å². The maximum Gasteiger partial charge on any atom is 0.255 e. The molecule has 6 heteroatoms. The molecule has 1 aromatic rings. The van der Waals surface area contributed by atoms with E-state index in [4.69, 9.17) is 16.3 Å². The van der Waals surface area contributed by atoms with Gasteiger partial charge >= 0.3 is 0 Å². The van der Waals surface area contributed by atoms with Crippen molar-refractivity contribution in [3.8, 4) is 0 Å². The third kappa shape index (κ3) is 3.07. The number of nitrogens with zero attached hydrogens (tertiary/aromatic N) is 1. The van der Waals surface area contributed by atoms with Crippen molar-refractivity contribution in [1.29, 1.82) is 0 Å². The van der Waals surface area contributed by atoms with Gasteiger partial charge in [0.05, 0.1) is 24.8 Å². The molecule has 1 saturated heterocycles. The van der Waals surface area contributed by atoms with Gasteiger partial charge in [-0.2, -0.15) is 0 Å². The maximum absolute atomic E-state index is 12.5. The molecule has 1 fully saturated rings. The fourth-order valence-electron chi connectivity index (χ4n) is 1.87. The fourth-order valence-corrected chi connectivity index (χ4v) is 3.26. The van der Waals surface area contributed by atoms with E-state index >= 15 is 0 Å². The first kappa shape index (κ1) is 14.3. The summed E-state index contributed by atoms with van der Waals surface area (Å²) in [7, 11) is 0. The van der Waals surface area contributed by atoms with Crippen LogP contribution in [-0.2, 0) is 4.74 Å². The number of amides is 1. The molecule has 18 heavy (non-hydrogen) atoms. The summed E-state index contributed by atoms with van der Waals surface area (Å²) in [4.78, 5) is 14.3.